The van der Waals surface area contributed by atoms with E-state index >= 15 is 0 Å². The smallest absolute Gasteiger partial charge is 0.315 e. The van der Waals surface area contributed by atoms with Gasteiger partial charge in [-0.2, -0.15) is 18.2 Å². The molecule has 8 heteroatoms. The summed E-state index contributed by atoms with van der Waals surface area (Å²) in [5.74, 6) is -2.01. The first-order chi connectivity index (χ1) is 5.89. The second-order valence-electron chi connectivity index (χ2n) is 2.10. The van der Waals surface area contributed by atoms with Crippen LogP contribution in [0.25, 0.3) is 0 Å². The molecule has 1 heterocycles. The first kappa shape index (κ1) is 9.49. The lowest BCUT2D eigenvalue weighted by Crippen LogP contribution is -2.30. The molecule has 0 saturated carbocycles. The molecule has 0 spiro atoms. The van der Waals surface area contributed by atoms with E-state index in [9.17, 15) is 18.0 Å². The summed E-state index contributed by atoms with van der Waals surface area (Å²) in [6.45, 7) is 1.41. The molecule has 1 aromatic rings. The summed E-state index contributed by atoms with van der Waals surface area (Å²) in [7, 11) is 0. The number of anilines is 1. The Morgan fingerprint density at radius 3 is 2.54 bits per heavy atom. The number of nitrogens with one attached hydrogen (secondary N) is 1. The number of amides is 1. The topological polar surface area (TPSA) is 68.0 Å². The molecule has 0 aliphatic heterocycles. The van der Waals surface area contributed by atoms with E-state index in [1.807, 2.05) is 0 Å². The normalized spacial score (nSPS) is 11.4. The Morgan fingerprint density at radius 1 is 1.54 bits per heavy atom. The van der Waals surface area contributed by atoms with Crippen molar-refractivity contribution in [3.05, 3.63) is 5.82 Å². The highest BCUT2D eigenvalue weighted by Crippen LogP contribution is 2.16. The van der Waals surface area contributed by atoms with Crippen molar-refractivity contribution in [3.63, 3.8) is 0 Å². The molecule has 0 atom stereocenters. The lowest BCUT2D eigenvalue weighted by molar-refractivity contribution is -0.167. The fraction of sp³-hybridized carbons (Fsp3) is 0.400. The van der Waals surface area contributed by atoms with E-state index in [0.29, 0.717) is 0 Å². The number of hydrogen-bond donors (Lipinski definition) is 1. The number of rotatable bonds is 1. The SMILES string of the molecule is Cc1noc(NC(=O)C(F)(F)F)n1. The van der Waals surface area contributed by atoms with Crippen molar-refractivity contribution in [3.8, 4) is 0 Å². The summed E-state index contributed by atoms with van der Waals surface area (Å²) in [4.78, 5) is 13.6. The van der Waals surface area contributed by atoms with E-state index in [-0.39, 0.29) is 5.82 Å². The van der Waals surface area contributed by atoms with Crippen LogP contribution in [0.1, 0.15) is 5.82 Å². The molecule has 1 amide bonds. The van der Waals surface area contributed by atoms with Crippen molar-refractivity contribution in [1.82, 2.24) is 10.1 Å². The van der Waals surface area contributed by atoms with Crippen molar-refractivity contribution in [2.45, 2.75) is 13.1 Å². The highest BCUT2D eigenvalue weighted by molar-refractivity contribution is 5.93. The minimum absolute atomic E-state index is 0.137. The minimum atomic E-state index is -4.96. The van der Waals surface area contributed by atoms with Crippen LogP contribution in [0.2, 0.25) is 0 Å². The molecule has 0 fully saturated rings. The average Bonchev–Trinajstić information content (AvgIpc) is 2.33. The zero-order valence-corrected chi connectivity index (χ0v) is 6.34. The number of carbonyl (C=O) groups excluding carboxylic acids is 1. The number of alkyl halides is 3. The van der Waals surface area contributed by atoms with Crippen LogP contribution >= 0.6 is 0 Å². The highest BCUT2D eigenvalue weighted by Gasteiger charge is 2.39. The van der Waals surface area contributed by atoms with Crippen LogP contribution in [-0.2, 0) is 4.79 Å². The van der Waals surface area contributed by atoms with Gasteiger partial charge in [-0.3, -0.25) is 10.1 Å². The van der Waals surface area contributed by atoms with Gasteiger partial charge in [-0.1, -0.05) is 5.16 Å². The summed E-state index contributed by atoms with van der Waals surface area (Å²) in [5.41, 5.74) is 0. The van der Waals surface area contributed by atoms with Crippen molar-refractivity contribution in [2.75, 3.05) is 5.32 Å². The third-order valence-corrected chi connectivity index (χ3v) is 1.01. The molecule has 5 nitrogen and oxygen atoms in total. The van der Waals surface area contributed by atoms with Crippen LogP contribution in [-0.4, -0.2) is 22.2 Å². The molecule has 0 aliphatic rings. The van der Waals surface area contributed by atoms with Gasteiger partial charge in [-0.15, -0.1) is 0 Å². The van der Waals surface area contributed by atoms with Crippen LogP contribution in [0.4, 0.5) is 19.2 Å². The van der Waals surface area contributed by atoms with Gasteiger partial charge in [-0.25, -0.2) is 0 Å². The van der Waals surface area contributed by atoms with Crippen molar-refractivity contribution < 1.29 is 22.5 Å². The van der Waals surface area contributed by atoms with Gasteiger partial charge in [0.2, 0.25) is 0 Å². The molecule has 0 aliphatic carbocycles. The van der Waals surface area contributed by atoms with Gasteiger partial charge >= 0.3 is 18.1 Å². The molecule has 1 aromatic heterocycles. The fourth-order valence-electron chi connectivity index (χ4n) is 0.516. The molecule has 72 valence electrons. The van der Waals surface area contributed by atoms with Crippen molar-refractivity contribution in [1.29, 1.82) is 0 Å². The minimum Gasteiger partial charge on any atom is -0.315 e. The summed E-state index contributed by atoms with van der Waals surface area (Å²) in [6, 6.07) is -0.570. The zero-order chi connectivity index (χ0) is 10.1. The molecule has 1 N–H and O–H groups in total. The van der Waals surface area contributed by atoms with Crippen molar-refractivity contribution in [2.24, 2.45) is 0 Å². The maximum absolute atomic E-state index is 11.6. The van der Waals surface area contributed by atoms with Gasteiger partial charge in [0.1, 0.15) is 0 Å². The first-order valence-corrected chi connectivity index (χ1v) is 3.08. The molecule has 0 unspecified atom stereocenters. The molecule has 0 aromatic carbocycles. The number of aryl methyl sites for hydroxylation is 1. The summed E-state index contributed by atoms with van der Waals surface area (Å²) < 4.78 is 39.2. The Labute approximate surface area is 69.9 Å². The Balaban J connectivity index is 2.65. The van der Waals surface area contributed by atoms with Crippen LogP contribution in [0.3, 0.4) is 0 Å². The number of nitrogens with zero attached hydrogens (tertiary/aromatic N) is 2. The van der Waals surface area contributed by atoms with E-state index in [4.69, 9.17) is 0 Å². The quantitative estimate of drug-likeness (QED) is 0.722. The molecule has 1 rings (SSSR count). The number of hydrogen-bond acceptors (Lipinski definition) is 4. The second kappa shape index (κ2) is 3.04. The summed E-state index contributed by atoms with van der Waals surface area (Å²) in [5, 5.41) is 4.58. The van der Waals surface area contributed by atoms with E-state index in [1.165, 1.54) is 12.2 Å². The van der Waals surface area contributed by atoms with E-state index in [0.717, 1.165) is 0 Å². The Morgan fingerprint density at radius 2 is 2.15 bits per heavy atom. The molecular formula is C5H4F3N3O2. The van der Waals surface area contributed by atoms with Crippen LogP contribution < -0.4 is 5.32 Å². The summed E-state index contributed by atoms with van der Waals surface area (Å²) >= 11 is 0. The lowest BCUT2D eigenvalue weighted by atomic mass is 10.6. The van der Waals surface area contributed by atoms with Gasteiger partial charge in [0, 0.05) is 0 Å². The summed E-state index contributed by atoms with van der Waals surface area (Å²) in [6.07, 6.45) is -4.96. The van der Waals surface area contributed by atoms with Crippen LogP contribution in [0, 0.1) is 6.92 Å². The maximum atomic E-state index is 11.6. The Bertz CT molecular complexity index is 319. The average molecular weight is 195 g/mol. The van der Waals surface area contributed by atoms with Gasteiger partial charge in [0.15, 0.2) is 5.82 Å². The van der Waals surface area contributed by atoms with Crippen molar-refractivity contribution >= 4 is 11.9 Å². The largest absolute Gasteiger partial charge is 0.471 e. The Kier molecular flexibility index (Phi) is 2.22. The molecular weight excluding hydrogens is 191 g/mol. The van der Waals surface area contributed by atoms with Gasteiger partial charge in [-0.05, 0) is 6.92 Å². The monoisotopic (exact) mass is 195 g/mol. The third kappa shape index (κ3) is 2.42. The standard InChI is InChI=1S/C5H4F3N3O2/c1-2-9-4(13-11-2)10-3(12)5(6,7)8/h1H3,(H,9,10,11,12). The van der Waals surface area contributed by atoms with Gasteiger partial charge in [0.25, 0.3) is 0 Å². The van der Waals surface area contributed by atoms with E-state index in [1.54, 1.807) is 0 Å². The molecule has 0 bridgehead atoms. The molecule has 0 radical (unpaired) electrons. The lowest BCUT2D eigenvalue weighted by Gasteiger charge is -2.02. The van der Waals surface area contributed by atoms with Gasteiger partial charge < -0.3 is 4.52 Å². The second-order valence-corrected chi connectivity index (χ2v) is 2.10. The predicted octanol–water partition coefficient (Wildman–Crippen LogP) is 0.879. The predicted molar refractivity (Wildman–Crippen MR) is 33.7 cm³/mol. The van der Waals surface area contributed by atoms with Crippen LogP contribution in [0.15, 0.2) is 4.52 Å². The van der Waals surface area contributed by atoms with E-state index < -0.39 is 18.1 Å². The fourth-order valence-corrected chi connectivity index (χ4v) is 0.516. The number of carbonyl (C=O) groups is 1. The molecule has 13 heavy (non-hydrogen) atoms. The maximum Gasteiger partial charge on any atom is 0.471 e. The van der Waals surface area contributed by atoms with Gasteiger partial charge in [0.05, 0.1) is 0 Å². The third-order valence-electron chi connectivity index (χ3n) is 1.01. The van der Waals surface area contributed by atoms with Crippen LogP contribution in [0.5, 0.6) is 0 Å². The zero-order valence-electron chi connectivity index (χ0n) is 6.34. The molecule has 0 saturated heterocycles. The Hall–Kier alpha value is -1.60. The van der Waals surface area contributed by atoms with E-state index in [2.05, 4.69) is 14.7 Å². The number of aromatic nitrogens is 2. The highest BCUT2D eigenvalue weighted by atomic mass is 19.4. The number of halogens is 3. The first-order valence-electron chi connectivity index (χ1n) is 3.08.